The van der Waals surface area contributed by atoms with E-state index in [9.17, 15) is 9.59 Å². The van der Waals surface area contributed by atoms with Crippen LogP contribution in [0.4, 0.5) is 0 Å². The number of thiophene rings is 1. The molecule has 2 aliphatic rings. The zero-order chi connectivity index (χ0) is 18.1. The Morgan fingerprint density at radius 3 is 2.92 bits per heavy atom. The molecule has 4 rings (SSSR count). The number of hydrogen-bond donors (Lipinski definition) is 1. The van der Waals surface area contributed by atoms with Gasteiger partial charge >= 0.3 is 0 Å². The minimum Gasteiger partial charge on any atom is -0.348 e. The number of nitrogens with zero attached hydrogens (tertiary/aromatic N) is 2. The van der Waals surface area contributed by atoms with Crippen molar-refractivity contribution in [3.05, 3.63) is 62.7 Å². The molecule has 0 aromatic carbocycles. The van der Waals surface area contributed by atoms with Crippen LogP contribution >= 0.6 is 23.6 Å². The largest absolute Gasteiger partial charge is 0.348 e. The average molecular weight is 386 g/mol. The molecule has 2 bridgehead atoms. The van der Waals surface area contributed by atoms with Crippen molar-refractivity contribution in [1.29, 1.82) is 0 Å². The van der Waals surface area contributed by atoms with E-state index in [0.717, 1.165) is 36.6 Å². The summed E-state index contributed by atoms with van der Waals surface area (Å²) in [6.45, 7) is 2.22. The van der Waals surface area contributed by atoms with Gasteiger partial charge in [-0.15, -0.1) is 11.3 Å². The lowest BCUT2D eigenvalue weighted by atomic mass is 9.83. The Kier molecular flexibility index (Phi) is 4.74. The van der Waals surface area contributed by atoms with Crippen LogP contribution in [0.25, 0.3) is 6.08 Å². The van der Waals surface area contributed by atoms with Crippen LogP contribution in [0.5, 0.6) is 0 Å². The van der Waals surface area contributed by atoms with Crippen molar-refractivity contribution in [2.75, 3.05) is 13.1 Å². The van der Waals surface area contributed by atoms with Gasteiger partial charge in [0.2, 0.25) is 5.91 Å². The predicted octanol–water partition coefficient (Wildman–Crippen LogP) is 2.44. The molecule has 5 nitrogen and oxygen atoms in total. The number of amides is 1. The summed E-state index contributed by atoms with van der Waals surface area (Å²) < 4.78 is 1.89. The minimum absolute atomic E-state index is 0.0697. The second kappa shape index (κ2) is 7.17. The number of piperidine rings is 1. The van der Waals surface area contributed by atoms with E-state index >= 15 is 0 Å². The molecule has 134 valence electrons. The molecule has 0 aliphatic carbocycles. The SMILES string of the molecule is O=C(C=Cc1cccs1)NC(=S)N1CC2CC(C1)c1cccc(=O)n1C2. The summed E-state index contributed by atoms with van der Waals surface area (Å²) in [6, 6.07) is 9.37. The Morgan fingerprint density at radius 2 is 2.12 bits per heavy atom. The Balaban J connectivity index is 1.42. The third-order valence-corrected chi connectivity index (χ3v) is 6.14. The van der Waals surface area contributed by atoms with Gasteiger partial charge in [0.15, 0.2) is 5.11 Å². The first-order chi connectivity index (χ1) is 12.6. The van der Waals surface area contributed by atoms with Crippen molar-refractivity contribution >= 4 is 40.7 Å². The van der Waals surface area contributed by atoms with Gasteiger partial charge in [0, 0.05) is 48.3 Å². The van der Waals surface area contributed by atoms with Gasteiger partial charge in [-0.05, 0) is 48.1 Å². The fraction of sp³-hybridized carbons (Fsp3) is 0.316. The lowest BCUT2D eigenvalue weighted by molar-refractivity contribution is -0.115. The van der Waals surface area contributed by atoms with Gasteiger partial charge in [-0.3, -0.25) is 14.9 Å². The fourth-order valence-corrected chi connectivity index (χ4v) is 4.70. The number of aromatic nitrogens is 1. The van der Waals surface area contributed by atoms with E-state index in [2.05, 4.69) is 10.2 Å². The summed E-state index contributed by atoms with van der Waals surface area (Å²) in [7, 11) is 0. The maximum absolute atomic E-state index is 12.1. The van der Waals surface area contributed by atoms with Gasteiger partial charge < -0.3 is 9.47 Å². The minimum atomic E-state index is -0.212. The third-order valence-electron chi connectivity index (χ3n) is 4.94. The van der Waals surface area contributed by atoms with Gasteiger partial charge in [-0.2, -0.15) is 0 Å². The number of nitrogens with one attached hydrogen (secondary N) is 1. The summed E-state index contributed by atoms with van der Waals surface area (Å²) >= 11 is 7.04. The predicted molar refractivity (Wildman–Crippen MR) is 107 cm³/mol. The van der Waals surface area contributed by atoms with Crippen LogP contribution in [0.2, 0.25) is 0 Å². The quantitative estimate of drug-likeness (QED) is 0.637. The first-order valence-corrected chi connectivity index (χ1v) is 9.90. The number of hydrogen-bond acceptors (Lipinski definition) is 4. The summed E-state index contributed by atoms with van der Waals surface area (Å²) in [6.07, 6.45) is 4.36. The van der Waals surface area contributed by atoms with E-state index in [-0.39, 0.29) is 17.4 Å². The number of likely N-dealkylation sites (tertiary alicyclic amines) is 1. The maximum atomic E-state index is 12.1. The van der Waals surface area contributed by atoms with Crippen LogP contribution in [-0.4, -0.2) is 33.6 Å². The van der Waals surface area contributed by atoms with Crippen molar-refractivity contribution < 1.29 is 4.79 Å². The molecule has 2 atom stereocenters. The van der Waals surface area contributed by atoms with Crippen molar-refractivity contribution in [3.63, 3.8) is 0 Å². The molecule has 2 aliphatic heterocycles. The average Bonchev–Trinajstić information content (AvgIpc) is 3.14. The van der Waals surface area contributed by atoms with Crippen LogP contribution in [0.15, 0.2) is 46.6 Å². The topological polar surface area (TPSA) is 54.3 Å². The molecule has 0 radical (unpaired) electrons. The van der Waals surface area contributed by atoms with Crippen molar-refractivity contribution in [3.8, 4) is 0 Å². The van der Waals surface area contributed by atoms with Crippen molar-refractivity contribution in [2.45, 2.75) is 18.9 Å². The van der Waals surface area contributed by atoms with E-state index in [1.807, 2.05) is 34.2 Å². The molecular formula is C19H19N3O2S2. The molecule has 1 N–H and O–H groups in total. The van der Waals surface area contributed by atoms with Gasteiger partial charge in [0.25, 0.3) is 5.56 Å². The Bertz CT molecular complexity index is 917. The standard InChI is InChI=1S/C19H19N3O2S2/c23-17(7-6-15-3-2-8-26-15)20-19(25)21-10-13-9-14(12-21)16-4-1-5-18(24)22(16)11-13/h1-8,13-14H,9-12H2,(H,20,23,25). The number of thiocarbonyl (C=S) groups is 1. The summed E-state index contributed by atoms with van der Waals surface area (Å²) in [5.41, 5.74) is 1.14. The zero-order valence-electron chi connectivity index (χ0n) is 14.1. The lowest BCUT2D eigenvalue weighted by Crippen LogP contribution is -2.52. The van der Waals surface area contributed by atoms with Gasteiger partial charge in [-0.25, -0.2) is 0 Å². The van der Waals surface area contributed by atoms with Crippen molar-refractivity contribution in [1.82, 2.24) is 14.8 Å². The number of carbonyl (C=O) groups excluding carboxylic acids is 1. The van der Waals surface area contributed by atoms with Crippen LogP contribution < -0.4 is 10.9 Å². The molecule has 26 heavy (non-hydrogen) atoms. The molecule has 2 aromatic rings. The number of rotatable bonds is 2. The molecule has 1 amide bonds. The van der Waals surface area contributed by atoms with Crippen molar-refractivity contribution in [2.24, 2.45) is 5.92 Å². The van der Waals surface area contributed by atoms with E-state index < -0.39 is 0 Å². The lowest BCUT2D eigenvalue weighted by Gasteiger charge is -2.43. The summed E-state index contributed by atoms with van der Waals surface area (Å²) in [5.74, 6) is 0.432. The second-order valence-electron chi connectivity index (χ2n) is 6.75. The van der Waals surface area contributed by atoms with Crippen LogP contribution in [0.1, 0.15) is 22.9 Å². The number of pyridine rings is 1. The summed E-state index contributed by atoms with van der Waals surface area (Å²) in [4.78, 5) is 27.3. The molecule has 2 unspecified atom stereocenters. The van der Waals surface area contributed by atoms with E-state index in [1.165, 1.54) is 6.08 Å². The molecule has 0 spiro atoms. The first kappa shape index (κ1) is 17.2. The Morgan fingerprint density at radius 1 is 1.23 bits per heavy atom. The summed E-state index contributed by atoms with van der Waals surface area (Å²) in [5, 5.41) is 5.24. The highest BCUT2D eigenvalue weighted by Gasteiger charge is 2.35. The number of carbonyl (C=O) groups is 1. The molecule has 1 fully saturated rings. The smallest absolute Gasteiger partial charge is 0.250 e. The van der Waals surface area contributed by atoms with Gasteiger partial charge in [0.05, 0.1) is 0 Å². The normalized spacial score (nSPS) is 21.5. The zero-order valence-corrected chi connectivity index (χ0v) is 15.8. The first-order valence-electron chi connectivity index (χ1n) is 8.61. The van der Waals surface area contributed by atoms with E-state index in [1.54, 1.807) is 23.5 Å². The van der Waals surface area contributed by atoms with Crippen LogP contribution in [0.3, 0.4) is 0 Å². The number of fused-ring (bicyclic) bond motifs is 4. The monoisotopic (exact) mass is 385 g/mol. The van der Waals surface area contributed by atoms with Crippen LogP contribution in [-0.2, 0) is 11.3 Å². The van der Waals surface area contributed by atoms with E-state index in [4.69, 9.17) is 12.2 Å². The molecular weight excluding hydrogens is 366 g/mol. The maximum Gasteiger partial charge on any atom is 0.250 e. The molecule has 4 heterocycles. The highest BCUT2D eigenvalue weighted by Crippen LogP contribution is 2.34. The third kappa shape index (κ3) is 3.50. The Hall–Kier alpha value is -2.25. The second-order valence-corrected chi connectivity index (χ2v) is 8.11. The Labute approximate surface area is 160 Å². The molecule has 1 saturated heterocycles. The highest BCUT2D eigenvalue weighted by atomic mass is 32.1. The fourth-order valence-electron chi connectivity index (χ4n) is 3.83. The van der Waals surface area contributed by atoms with E-state index in [0.29, 0.717) is 11.0 Å². The van der Waals surface area contributed by atoms with Gasteiger partial charge in [-0.1, -0.05) is 12.1 Å². The molecule has 0 saturated carbocycles. The van der Waals surface area contributed by atoms with Gasteiger partial charge in [0.1, 0.15) is 0 Å². The molecule has 2 aromatic heterocycles. The molecule has 7 heteroatoms. The highest BCUT2D eigenvalue weighted by molar-refractivity contribution is 7.80. The van der Waals surface area contributed by atoms with Crippen LogP contribution in [0, 0.1) is 5.92 Å².